The summed E-state index contributed by atoms with van der Waals surface area (Å²) in [4.78, 5) is 32.1. The van der Waals surface area contributed by atoms with E-state index in [4.69, 9.17) is 17.3 Å². The molecule has 2 N–H and O–H groups in total. The number of primary amides is 1. The number of benzene rings is 2. The standard InChI is InChI=1S/C21H18ClN3O2S/c22-15-8-6-13-7-9-17(16(13)10-15)25(21(27)18-11-24-12-28-18)19(20(23)26)14-4-2-1-3-5-14/h1-6,8,10-12,17,19H,7,9H2,(H2,23,26)/t17-,19-/m1/s1. The Kier molecular flexibility index (Phi) is 5.15. The topological polar surface area (TPSA) is 76.3 Å². The van der Waals surface area contributed by atoms with Gasteiger partial charge in [0.25, 0.3) is 5.91 Å². The maximum Gasteiger partial charge on any atom is 0.267 e. The highest BCUT2D eigenvalue weighted by Crippen LogP contribution is 2.42. The van der Waals surface area contributed by atoms with Crippen molar-refractivity contribution in [3.63, 3.8) is 0 Å². The minimum absolute atomic E-state index is 0.257. The summed E-state index contributed by atoms with van der Waals surface area (Å²) in [7, 11) is 0. The third-order valence-corrected chi connectivity index (χ3v) is 6.03. The first kappa shape index (κ1) is 18.7. The lowest BCUT2D eigenvalue weighted by Crippen LogP contribution is -2.43. The first-order chi connectivity index (χ1) is 13.6. The van der Waals surface area contributed by atoms with E-state index in [2.05, 4.69) is 4.98 Å². The summed E-state index contributed by atoms with van der Waals surface area (Å²) < 4.78 is 0. The van der Waals surface area contributed by atoms with E-state index in [-0.39, 0.29) is 11.9 Å². The first-order valence-corrected chi connectivity index (χ1v) is 10.2. The summed E-state index contributed by atoms with van der Waals surface area (Å²) in [6, 6.07) is 13.7. The lowest BCUT2D eigenvalue weighted by molar-refractivity contribution is -0.123. The Morgan fingerprint density at radius 1 is 1.21 bits per heavy atom. The van der Waals surface area contributed by atoms with E-state index in [1.54, 1.807) is 10.4 Å². The molecule has 0 radical (unpaired) electrons. The van der Waals surface area contributed by atoms with Crippen molar-refractivity contribution in [2.24, 2.45) is 5.73 Å². The van der Waals surface area contributed by atoms with Crippen LogP contribution in [0.1, 0.15) is 44.9 Å². The Morgan fingerprint density at radius 3 is 2.68 bits per heavy atom. The Hall–Kier alpha value is -2.70. The van der Waals surface area contributed by atoms with E-state index in [0.717, 1.165) is 17.5 Å². The normalized spacial score (nSPS) is 16.4. The summed E-state index contributed by atoms with van der Waals surface area (Å²) in [5.74, 6) is -0.826. The SMILES string of the molecule is NC(=O)[C@@H](c1ccccc1)N(C(=O)c1cncs1)[C@@H]1CCc2ccc(Cl)cc21. The maximum atomic E-state index is 13.5. The highest BCUT2D eigenvalue weighted by molar-refractivity contribution is 7.11. The van der Waals surface area contributed by atoms with E-state index < -0.39 is 11.9 Å². The summed E-state index contributed by atoms with van der Waals surface area (Å²) in [6.07, 6.45) is 3.04. The highest BCUT2D eigenvalue weighted by Gasteiger charge is 2.39. The van der Waals surface area contributed by atoms with Crippen molar-refractivity contribution < 1.29 is 9.59 Å². The lowest BCUT2D eigenvalue weighted by Gasteiger charge is -2.35. The molecule has 0 fully saturated rings. The molecule has 2 aromatic carbocycles. The molecule has 2 atom stereocenters. The molecule has 0 saturated heterocycles. The number of thiazole rings is 1. The van der Waals surface area contributed by atoms with E-state index in [9.17, 15) is 9.59 Å². The third kappa shape index (κ3) is 3.41. The van der Waals surface area contributed by atoms with Crippen LogP contribution in [-0.2, 0) is 11.2 Å². The van der Waals surface area contributed by atoms with Gasteiger partial charge in [-0.05, 0) is 41.7 Å². The van der Waals surface area contributed by atoms with Gasteiger partial charge >= 0.3 is 0 Å². The zero-order valence-corrected chi connectivity index (χ0v) is 16.5. The second-order valence-electron chi connectivity index (χ2n) is 6.69. The van der Waals surface area contributed by atoms with Gasteiger partial charge in [-0.3, -0.25) is 14.6 Å². The van der Waals surface area contributed by atoms with Crippen LogP contribution in [0.4, 0.5) is 0 Å². The molecule has 7 heteroatoms. The number of nitrogens with zero attached hydrogens (tertiary/aromatic N) is 2. The number of halogens is 1. The molecule has 1 aliphatic carbocycles. The molecule has 1 heterocycles. The number of carbonyl (C=O) groups excluding carboxylic acids is 2. The van der Waals surface area contributed by atoms with E-state index >= 15 is 0 Å². The predicted molar refractivity (Wildman–Crippen MR) is 109 cm³/mol. The quantitative estimate of drug-likeness (QED) is 0.685. The predicted octanol–water partition coefficient (Wildman–Crippen LogP) is 4.15. The number of aromatic nitrogens is 1. The number of fused-ring (bicyclic) bond motifs is 1. The molecule has 0 aliphatic heterocycles. The molecule has 5 nitrogen and oxygen atoms in total. The van der Waals surface area contributed by atoms with Gasteiger partial charge < -0.3 is 10.6 Å². The second-order valence-corrected chi connectivity index (χ2v) is 8.01. The van der Waals surface area contributed by atoms with Crippen molar-refractivity contribution >= 4 is 34.8 Å². The average Bonchev–Trinajstić information content (AvgIpc) is 3.36. The molecular formula is C21H18ClN3O2S. The van der Waals surface area contributed by atoms with E-state index in [1.165, 1.54) is 17.5 Å². The Bertz CT molecular complexity index is 1010. The van der Waals surface area contributed by atoms with Crippen molar-refractivity contribution in [1.29, 1.82) is 0 Å². The van der Waals surface area contributed by atoms with Gasteiger partial charge in [-0.2, -0.15) is 0 Å². The zero-order chi connectivity index (χ0) is 19.7. The number of hydrogen-bond donors (Lipinski definition) is 1. The molecule has 4 rings (SSSR count). The largest absolute Gasteiger partial charge is 0.368 e. The van der Waals surface area contributed by atoms with Gasteiger partial charge in [-0.1, -0.05) is 48.0 Å². The van der Waals surface area contributed by atoms with Crippen LogP contribution in [0.15, 0.2) is 60.2 Å². The molecule has 0 bridgehead atoms. The average molecular weight is 412 g/mol. The van der Waals surface area contributed by atoms with Gasteiger partial charge in [0, 0.05) is 5.02 Å². The fourth-order valence-corrected chi connectivity index (χ4v) is 4.57. The van der Waals surface area contributed by atoms with E-state index in [1.807, 2.05) is 48.5 Å². The number of aryl methyl sites for hydroxylation is 1. The summed E-state index contributed by atoms with van der Waals surface area (Å²) >= 11 is 7.48. The number of rotatable bonds is 5. The van der Waals surface area contributed by atoms with Crippen LogP contribution >= 0.6 is 22.9 Å². The van der Waals surface area contributed by atoms with Crippen molar-refractivity contribution in [2.45, 2.75) is 24.9 Å². The van der Waals surface area contributed by atoms with Gasteiger partial charge in [-0.25, -0.2) is 0 Å². The van der Waals surface area contributed by atoms with Crippen LogP contribution in [0.3, 0.4) is 0 Å². The molecule has 3 aromatic rings. The van der Waals surface area contributed by atoms with Gasteiger partial charge in [-0.15, -0.1) is 11.3 Å². The number of nitrogens with two attached hydrogens (primary N) is 1. The maximum absolute atomic E-state index is 13.5. The van der Waals surface area contributed by atoms with Crippen LogP contribution in [0.25, 0.3) is 0 Å². The smallest absolute Gasteiger partial charge is 0.267 e. The van der Waals surface area contributed by atoms with Crippen molar-refractivity contribution in [3.8, 4) is 0 Å². The minimum atomic E-state index is -0.884. The first-order valence-electron chi connectivity index (χ1n) is 8.90. The van der Waals surface area contributed by atoms with Crippen molar-refractivity contribution in [2.75, 3.05) is 0 Å². The summed E-state index contributed by atoms with van der Waals surface area (Å²) in [5, 5.41) is 0.603. The lowest BCUT2D eigenvalue weighted by atomic mass is 9.99. The van der Waals surface area contributed by atoms with Crippen molar-refractivity contribution in [3.05, 3.63) is 86.8 Å². The molecule has 0 saturated carbocycles. The van der Waals surface area contributed by atoms with Crippen molar-refractivity contribution in [1.82, 2.24) is 9.88 Å². The van der Waals surface area contributed by atoms with Crippen LogP contribution < -0.4 is 5.73 Å². The van der Waals surface area contributed by atoms with Crippen LogP contribution in [0.5, 0.6) is 0 Å². The van der Waals surface area contributed by atoms with E-state index in [0.29, 0.717) is 21.9 Å². The molecule has 0 spiro atoms. The van der Waals surface area contributed by atoms with Gasteiger partial charge in [0.1, 0.15) is 10.9 Å². The van der Waals surface area contributed by atoms with Crippen LogP contribution in [0, 0.1) is 0 Å². The number of hydrogen-bond acceptors (Lipinski definition) is 4. The molecular weight excluding hydrogens is 394 g/mol. The van der Waals surface area contributed by atoms with Gasteiger partial charge in [0.15, 0.2) is 0 Å². The van der Waals surface area contributed by atoms with Crippen LogP contribution in [-0.4, -0.2) is 21.7 Å². The Morgan fingerprint density at radius 2 is 2.00 bits per heavy atom. The molecule has 0 unspecified atom stereocenters. The highest BCUT2D eigenvalue weighted by atomic mass is 35.5. The molecule has 1 aromatic heterocycles. The second kappa shape index (κ2) is 7.73. The molecule has 1 aliphatic rings. The van der Waals surface area contributed by atoms with Gasteiger partial charge in [0.05, 0.1) is 17.7 Å². The molecule has 142 valence electrons. The summed E-state index contributed by atoms with van der Waals surface area (Å²) in [6.45, 7) is 0. The fourth-order valence-electron chi connectivity index (χ4n) is 3.82. The summed E-state index contributed by atoms with van der Waals surface area (Å²) in [5.41, 5.74) is 10.2. The zero-order valence-electron chi connectivity index (χ0n) is 14.9. The molecule has 2 amide bonds. The number of amides is 2. The van der Waals surface area contributed by atoms with Crippen LogP contribution in [0.2, 0.25) is 5.02 Å². The Balaban J connectivity index is 1.85. The Labute approximate surface area is 171 Å². The monoisotopic (exact) mass is 411 g/mol. The third-order valence-electron chi connectivity index (χ3n) is 5.03. The molecule has 28 heavy (non-hydrogen) atoms. The number of carbonyl (C=O) groups is 2. The van der Waals surface area contributed by atoms with Gasteiger partial charge in [0.2, 0.25) is 5.91 Å². The minimum Gasteiger partial charge on any atom is -0.368 e. The fraction of sp³-hybridized carbons (Fsp3) is 0.190.